The lowest BCUT2D eigenvalue weighted by Gasteiger charge is -2.06. The molecule has 0 saturated heterocycles. The van der Waals surface area contributed by atoms with Gasteiger partial charge in [0.25, 0.3) is 0 Å². The minimum absolute atomic E-state index is 0.0530. The number of hydrogen-bond donors (Lipinski definition) is 1. The fourth-order valence-corrected chi connectivity index (χ4v) is 1.88. The average Bonchev–Trinajstić information content (AvgIpc) is 2.41. The zero-order valence-corrected chi connectivity index (χ0v) is 11.2. The molecule has 0 aliphatic rings. The molecule has 0 aromatic heterocycles. The first-order valence-electron chi connectivity index (χ1n) is 6.16. The summed E-state index contributed by atoms with van der Waals surface area (Å²) in [5.41, 5.74) is 1.85. The maximum atomic E-state index is 13.7. The molecule has 2 rings (SSSR count). The van der Waals surface area contributed by atoms with Crippen molar-refractivity contribution in [3.63, 3.8) is 0 Å². The Balaban J connectivity index is 2.29. The third-order valence-electron chi connectivity index (χ3n) is 2.83. The molecule has 0 bridgehead atoms. The Bertz CT molecular complexity index is 663. The zero-order valence-electron chi connectivity index (χ0n) is 11.2. The van der Waals surface area contributed by atoms with Gasteiger partial charge in [-0.1, -0.05) is 11.6 Å². The molecule has 0 unspecified atom stereocenters. The average molecular weight is 271 g/mol. The molecule has 0 aliphatic heterocycles. The first-order valence-corrected chi connectivity index (χ1v) is 6.16. The summed E-state index contributed by atoms with van der Waals surface area (Å²) in [7, 11) is 0. The molecule has 3 nitrogen and oxygen atoms in total. The number of carbonyl (C=O) groups is 2. The summed E-state index contributed by atoms with van der Waals surface area (Å²) in [6, 6.07) is 10.8. The lowest BCUT2D eigenvalue weighted by atomic mass is 10.0. The van der Waals surface area contributed by atoms with Gasteiger partial charge in [0.15, 0.2) is 5.78 Å². The van der Waals surface area contributed by atoms with E-state index in [4.69, 9.17) is 0 Å². The summed E-state index contributed by atoms with van der Waals surface area (Å²) < 4.78 is 13.7. The summed E-state index contributed by atoms with van der Waals surface area (Å²) in [6.07, 6.45) is 0. The van der Waals surface area contributed by atoms with Gasteiger partial charge in [0.05, 0.1) is 5.56 Å². The van der Waals surface area contributed by atoms with Gasteiger partial charge in [-0.25, -0.2) is 4.39 Å². The third kappa shape index (κ3) is 3.09. The molecule has 102 valence electrons. The highest BCUT2D eigenvalue weighted by molar-refractivity contribution is 6.09. The van der Waals surface area contributed by atoms with Crippen molar-refractivity contribution in [1.82, 2.24) is 0 Å². The molecule has 0 atom stereocenters. The second kappa shape index (κ2) is 5.65. The fraction of sp³-hybridized carbons (Fsp3) is 0.125. The van der Waals surface area contributed by atoms with Crippen LogP contribution >= 0.6 is 0 Å². The molecule has 20 heavy (non-hydrogen) atoms. The van der Waals surface area contributed by atoms with Crippen LogP contribution in [0, 0.1) is 12.7 Å². The Morgan fingerprint density at radius 1 is 1.05 bits per heavy atom. The highest BCUT2D eigenvalue weighted by Crippen LogP contribution is 2.17. The maximum Gasteiger partial charge on any atom is 0.221 e. The molecule has 0 aliphatic carbocycles. The number of carbonyl (C=O) groups excluding carboxylic acids is 2. The summed E-state index contributed by atoms with van der Waals surface area (Å²) in [6.45, 7) is 3.21. The predicted octanol–water partition coefficient (Wildman–Crippen LogP) is 3.32. The number of halogens is 1. The van der Waals surface area contributed by atoms with Gasteiger partial charge in [-0.2, -0.15) is 0 Å². The quantitative estimate of drug-likeness (QED) is 0.870. The van der Waals surface area contributed by atoms with Gasteiger partial charge in [-0.3, -0.25) is 9.59 Å². The topological polar surface area (TPSA) is 46.2 Å². The summed E-state index contributed by atoms with van der Waals surface area (Å²) in [5, 5.41) is 2.61. The van der Waals surface area contributed by atoms with Crippen LogP contribution in [-0.2, 0) is 4.79 Å². The highest BCUT2D eigenvalue weighted by atomic mass is 19.1. The molecule has 0 spiro atoms. The zero-order chi connectivity index (χ0) is 14.7. The van der Waals surface area contributed by atoms with E-state index in [0.29, 0.717) is 11.3 Å². The van der Waals surface area contributed by atoms with E-state index in [0.717, 1.165) is 5.56 Å². The van der Waals surface area contributed by atoms with Gasteiger partial charge < -0.3 is 5.32 Å². The molecule has 4 heteroatoms. The molecule has 1 N–H and O–H groups in total. The van der Waals surface area contributed by atoms with Crippen molar-refractivity contribution in [2.24, 2.45) is 0 Å². The van der Waals surface area contributed by atoms with E-state index in [-0.39, 0.29) is 17.3 Å². The number of rotatable bonds is 3. The van der Waals surface area contributed by atoms with E-state index in [1.165, 1.54) is 19.1 Å². The normalized spacial score (nSPS) is 10.2. The van der Waals surface area contributed by atoms with E-state index in [1.54, 1.807) is 37.3 Å². The first kappa shape index (κ1) is 13.9. The van der Waals surface area contributed by atoms with Crippen LogP contribution in [0.1, 0.15) is 28.4 Å². The number of benzene rings is 2. The van der Waals surface area contributed by atoms with Crippen molar-refractivity contribution in [3.8, 4) is 0 Å². The van der Waals surface area contributed by atoms with Gasteiger partial charge in [0, 0.05) is 18.2 Å². The van der Waals surface area contributed by atoms with Crippen LogP contribution < -0.4 is 5.32 Å². The summed E-state index contributed by atoms with van der Waals surface area (Å²) in [5.74, 6) is -1.10. The fourth-order valence-electron chi connectivity index (χ4n) is 1.88. The van der Waals surface area contributed by atoms with Crippen LogP contribution in [0.25, 0.3) is 0 Å². The Labute approximate surface area is 116 Å². The van der Waals surface area contributed by atoms with E-state index in [1.807, 2.05) is 0 Å². The monoisotopic (exact) mass is 271 g/mol. The largest absolute Gasteiger partial charge is 0.326 e. The van der Waals surface area contributed by atoms with Crippen molar-refractivity contribution < 1.29 is 14.0 Å². The van der Waals surface area contributed by atoms with Crippen molar-refractivity contribution in [1.29, 1.82) is 0 Å². The predicted molar refractivity (Wildman–Crippen MR) is 75.3 cm³/mol. The molecule has 0 fully saturated rings. The van der Waals surface area contributed by atoms with Gasteiger partial charge in [0.1, 0.15) is 5.82 Å². The maximum absolute atomic E-state index is 13.7. The number of nitrogens with one attached hydrogen (secondary N) is 1. The Kier molecular flexibility index (Phi) is 3.94. The third-order valence-corrected chi connectivity index (χ3v) is 2.83. The van der Waals surface area contributed by atoms with E-state index < -0.39 is 5.82 Å². The van der Waals surface area contributed by atoms with Crippen LogP contribution in [0.5, 0.6) is 0 Å². The molecule has 1 amide bonds. The second-order valence-electron chi connectivity index (χ2n) is 4.57. The van der Waals surface area contributed by atoms with Crippen molar-refractivity contribution in [2.75, 3.05) is 5.32 Å². The van der Waals surface area contributed by atoms with Crippen molar-refractivity contribution in [2.45, 2.75) is 13.8 Å². The highest BCUT2D eigenvalue weighted by Gasteiger charge is 2.14. The van der Waals surface area contributed by atoms with Crippen LogP contribution in [-0.4, -0.2) is 11.7 Å². The van der Waals surface area contributed by atoms with Crippen LogP contribution in [0.15, 0.2) is 42.5 Å². The van der Waals surface area contributed by atoms with Gasteiger partial charge in [-0.05, 0) is 43.3 Å². The minimum atomic E-state index is -0.536. The summed E-state index contributed by atoms with van der Waals surface area (Å²) >= 11 is 0. The van der Waals surface area contributed by atoms with Crippen LogP contribution in [0.3, 0.4) is 0 Å². The van der Waals surface area contributed by atoms with E-state index >= 15 is 0 Å². The molecular formula is C16H14FNO2. The number of aryl methyl sites for hydroxylation is 1. The molecule has 0 radical (unpaired) electrons. The van der Waals surface area contributed by atoms with Gasteiger partial charge in [0.2, 0.25) is 5.91 Å². The second-order valence-corrected chi connectivity index (χ2v) is 4.57. The number of ketones is 1. The Hall–Kier alpha value is -2.49. The molecule has 2 aromatic carbocycles. The van der Waals surface area contributed by atoms with Crippen molar-refractivity contribution >= 4 is 17.4 Å². The molecule has 2 aromatic rings. The van der Waals surface area contributed by atoms with Crippen LogP contribution in [0.4, 0.5) is 10.1 Å². The van der Waals surface area contributed by atoms with E-state index in [9.17, 15) is 14.0 Å². The standard InChI is InChI=1S/C16H14FNO2/c1-10-3-8-15(17)14(9-10)16(20)12-4-6-13(7-5-12)18-11(2)19/h3-9H,1-2H3,(H,18,19). The van der Waals surface area contributed by atoms with Gasteiger partial charge in [-0.15, -0.1) is 0 Å². The Morgan fingerprint density at radius 2 is 1.70 bits per heavy atom. The first-order chi connectivity index (χ1) is 9.47. The lowest BCUT2D eigenvalue weighted by molar-refractivity contribution is -0.114. The molecule has 0 heterocycles. The molecule has 0 saturated carbocycles. The number of amides is 1. The number of hydrogen-bond acceptors (Lipinski definition) is 2. The smallest absolute Gasteiger partial charge is 0.221 e. The Morgan fingerprint density at radius 3 is 2.30 bits per heavy atom. The molecular weight excluding hydrogens is 257 g/mol. The SMILES string of the molecule is CC(=O)Nc1ccc(C(=O)c2cc(C)ccc2F)cc1. The van der Waals surface area contributed by atoms with Crippen molar-refractivity contribution in [3.05, 3.63) is 65.0 Å². The van der Waals surface area contributed by atoms with Crippen LogP contribution in [0.2, 0.25) is 0 Å². The lowest BCUT2D eigenvalue weighted by Crippen LogP contribution is -2.07. The summed E-state index contributed by atoms with van der Waals surface area (Å²) in [4.78, 5) is 23.1. The van der Waals surface area contributed by atoms with E-state index in [2.05, 4.69) is 5.32 Å². The van der Waals surface area contributed by atoms with Gasteiger partial charge >= 0.3 is 0 Å². The minimum Gasteiger partial charge on any atom is -0.326 e. The number of anilines is 1.